The maximum Gasteiger partial charge on any atom is 0.343 e. The number of thioether (sulfide) groups is 1. The molecule has 0 aromatic heterocycles. The molecule has 1 heterocycles. The molecule has 0 atom stereocenters. The SMILES string of the molecule is C=CCN1C(=O)C(=Cc2ccc(OC(=O)c3cccc(Br)c3)cc2)SC1=S. The smallest absolute Gasteiger partial charge is 0.343 e. The Bertz CT molecular complexity index is 954. The summed E-state index contributed by atoms with van der Waals surface area (Å²) in [6.07, 6.45) is 3.41. The Morgan fingerprint density at radius 2 is 2.00 bits per heavy atom. The van der Waals surface area contributed by atoms with Gasteiger partial charge in [0.25, 0.3) is 5.91 Å². The Balaban J connectivity index is 1.70. The molecule has 1 amide bonds. The number of nitrogens with zero attached hydrogens (tertiary/aromatic N) is 1. The van der Waals surface area contributed by atoms with E-state index in [4.69, 9.17) is 17.0 Å². The molecular weight excluding hydrogens is 446 g/mol. The topological polar surface area (TPSA) is 46.6 Å². The van der Waals surface area contributed by atoms with Crippen LogP contribution in [0.1, 0.15) is 15.9 Å². The van der Waals surface area contributed by atoms with Gasteiger partial charge in [-0.3, -0.25) is 9.69 Å². The number of halogens is 1. The first-order valence-electron chi connectivity index (χ1n) is 7.92. The number of hydrogen-bond donors (Lipinski definition) is 0. The van der Waals surface area contributed by atoms with Crippen LogP contribution in [0.3, 0.4) is 0 Å². The molecule has 1 fully saturated rings. The number of hydrogen-bond acceptors (Lipinski definition) is 5. The summed E-state index contributed by atoms with van der Waals surface area (Å²) in [7, 11) is 0. The first kappa shape index (κ1) is 19.5. The van der Waals surface area contributed by atoms with Gasteiger partial charge in [0, 0.05) is 11.0 Å². The number of carbonyl (C=O) groups is 2. The summed E-state index contributed by atoms with van der Waals surface area (Å²) in [6.45, 7) is 4.03. The zero-order valence-electron chi connectivity index (χ0n) is 14.1. The van der Waals surface area contributed by atoms with Crippen LogP contribution in [0.15, 0.2) is 70.6 Å². The summed E-state index contributed by atoms with van der Waals surface area (Å²) < 4.78 is 6.70. The normalized spacial score (nSPS) is 15.3. The van der Waals surface area contributed by atoms with Gasteiger partial charge in [0.1, 0.15) is 10.1 Å². The molecule has 1 aliphatic heterocycles. The molecule has 7 heteroatoms. The van der Waals surface area contributed by atoms with Crippen molar-refractivity contribution in [2.24, 2.45) is 0 Å². The van der Waals surface area contributed by atoms with Crippen molar-refractivity contribution in [1.29, 1.82) is 0 Å². The van der Waals surface area contributed by atoms with Crippen molar-refractivity contribution >= 4 is 62.2 Å². The molecule has 27 heavy (non-hydrogen) atoms. The van der Waals surface area contributed by atoms with Crippen LogP contribution in [0.25, 0.3) is 6.08 Å². The largest absolute Gasteiger partial charge is 0.423 e. The lowest BCUT2D eigenvalue weighted by Gasteiger charge is -2.10. The minimum Gasteiger partial charge on any atom is -0.423 e. The van der Waals surface area contributed by atoms with E-state index in [-0.39, 0.29) is 5.91 Å². The molecular formula is C20H14BrNO3S2. The predicted molar refractivity (Wildman–Crippen MR) is 116 cm³/mol. The second-order valence-electron chi connectivity index (χ2n) is 5.55. The fraction of sp³-hybridized carbons (Fsp3) is 0.0500. The maximum absolute atomic E-state index is 12.3. The average Bonchev–Trinajstić information content (AvgIpc) is 2.91. The highest BCUT2D eigenvalue weighted by atomic mass is 79.9. The Morgan fingerprint density at radius 1 is 1.26 bits per heavy atom. The standard InChI is InChI=1S/C20H14BrNO3S2/c1-2-10-22-18(23)17(27-20(22)26)11-13-6-8-16(9-7-13)25-19(24)14-4-3-5-15(21)12-14/h2-9,11-12H,1,10H2. The monoisotopic (exact) mass is 459 g/mol. The first-order chi connectivity index (χ1) is 13.0. The fourth-order valence-corrected chi connectivity index (χ4v) is 4.03. The molecule has 1 aliphatic rings. The Morgan fingerprint density at radius 3 is 2.67 bits per heavy atom. The van der Waals surface area contributed by atoms with Gasteiger partial charge in [-0.2, -0.15) is 0 Å². The van der Waals surface area contributed by atoms with Gasteiger partial charge in [-0.15, -0.1) is 6.58 Å². The zero-order chi connectivity index (χ0) is 19.4. The minimum atomic E-state index is -0.436. The Labute approximate surface area is 175 Å². The zero-order valence-corrected chi connectivity index (χ0v) is 17.3. The summed E-state index contributed by atoms with van der Waals surface area (Å²) in [6, 6.07) is 13.9. The summed E-state index contributed by atoms with van der Waals surface area (Å²) in [5.74, 6) is -0.138. The van der Waals surface area contributed by atoms with Crippen LogP contribution in [0.4, 0.5) is 0 Å². The van der Waals surface area contributed by atoms with Crippen LogP contribution < -0.4 is 4.74 Å². The van der Waals surface area contributed by atoms with Gasteiger partial charge in [0.15, 0.2) is 0 Å². The van der Waals surface area contributed by atoms with Crippen molar-refractivity contribution in [2.75, 3.05) is 6.54 Å². The molecule has 0 spiro atoms. The third kappa shape index (κ3) is 4.74. The van der Waals surface area contributed by atoms with Gasteiger partial charge >= 0.3 is 5.97 Å². The van der Waals surface area contributed by atoms with Crippen LogP contribution >= 0.6 is 39.9 Å². The fourth-order valence-electron chi connectivity index (χ4n) is 2.35. The summed E-state index contributed by atoms with van der Waals surface area (Å²) >= 11 is 9.81. The van der Waals surface area contributed by atoms with Gasteiger partial charge < -0.3 is 4.74 Å². The number of thiocarbonyl (C=S) groups is 1. The van der Waals surface area contributed by atoms with E-state index in [1.54, 1.807) is 54.6 Å². The van der Waals surface area contributed by atoms with Crippen LogP contribution in [0, 0.1) is 0 Å². The molecule has 136 valence electrons. The molecule has 0 radical (unpaired) electrons. The van der Waals surface area contributed by atoms with Crippen molar-refractivity contribution in [2.45, 2.75) is 0 Å². The van der Waals surface area contributed by atoms with Crippen LogP contribution in [0.2, 0.25) is 0 Å². The van der Waals surface area contributed by atoms with Crippen molar-refractivity contribution in [3.8, 4) is 5.75 Å². The van der Waals surface area contributed by atoms with E-state index in [2.05, 4.69) is 22.5 Å². The lowest BCUT2D eigenvalue weighted by atomic mass is 10.2. The highest BCUT2D eigenvalue weighted by Gasteiger charge is 2.30. The van der Waals surface area contributed by atoms with Crippen LogP contribution in [-0.4, -0.2) is 27.6 Å². The summed E-state index contributed by atoms with van der Waals surface area (Å²) in [4.78, 5) is 26.6. The Kier molecular flexibility index (Phi) is 6.26. The molecule has 4 nitrogen and oxygen atoms in total. The Hall–Kier alpha value is -2.22. The van der Waals surface area contributed by atoms with Crippen LogP contribution in [-0.2, 0) is 4.79 Å². The summed E-state index contributed by atoms with van der Waals surface area (Å²) in [5.41, 5.74) is 1.27. The van der Waals surface area contributed by atoms with E-state index in [1.807, 2.05) is 6.07 Å². The highest BCUT2D eigenvalue weighted by Crippen LogP contribution is 2.32. The molecule has 2 aromatic carbocycles. The number of rotatable bonds is 5. The number of amides is 1. The quantitative estimate of drug-likeness (QED) is 0.205. The minimum absolute atomic E-state index is 0.130. The number of ether oxygens (including phenoxy) is 1. The van der Waals surface area contributed by atoms with Crippen molar-refractivity contribution in [3.63, 3.8) is 0 Å². The summed E-state index contributed by atoms with van der Waals surface area (Å²) in [5, 5.41) is 0. The van der Waals surface area contributed by atoms with E-state index >= 15 is 0 Å². The average molecular weight is 460 g/mol. The molecule has 0 N–H and O–H groups in total. The first-order valence-corrected chi connectivity index (χ1v) is 9.94. The van der Waals surface area contributed by atoms with Crippen molar-refractivity contribution in [1.82, 2.24) is 4.90 Å². The van der Waals surface area contributed by atoms with Crippen LogP contribution in [0.5, 0.6) is 5.75 Å². The molecule has 0 unspecified atom stereocenters. The van der Waals surface area contributed by atoms with E-state index in [9.17, 15) is 9.59 Å². The second kappa shape index (κ2) is 8.65. The highest BCUT2D eigenvalue weighted by molar-refractivity contribution is 9.10. The van der Waals surface area contributed by atoms with E-state index in [0.717, 1.165) is 10.0 Å². The molecule has 2 aromatic rings. The molecule has 0 bridgehead atoms. The van der Waals surface area contributed by atoms with Crippen molar-refractivity contribution < 1.29 is 14.3 Å². The number of esters is 1. The molecule has 0 aliphatic carbocycles. The van der Waals surface area contributed by atoms with Gasteiger partial charge in [0.2, 0.25) is 0 Å². The van der Waals surface area contributed by atoms with Gasteiger partial charge in [-0.25, -0.2) is 4.79 Å². The number of benzene rings is 2. The third-order valence-corrected chi connectivity index (χ3v) is 5.51. The van der Waals surface area contributed by atoms with E-state index < -0.39 is 5.97 Å². The lowest BCUT2D eigenvalue weighted by molar-refractivity contribution is -0.121. The maximum atomic E-state index is 12.3. The van der Waals surface area contributed by atoms with E-state index in [1.165, 1.54) is 16.7 Å². The van der Waals surface area contributed by atoms with Gasteiger partial charge in [-0.1, -0.05) is 64.2 Å². The van der Waals surface area contributed by atoms with Gasteiger partial charge in [0.05, 0.1) is 10.5 Å². The lowest BCUT2D eigenvalue weighted by Crippen LogP contribution is -2.27. The molecule has 3 rings (SSSR count). The molecule has 0 saturated carbocycles. The van der Waals surface area contributed by atoms with E-state index in [0.29, 0.717) is 27.1 Å². The third-order valence-electron chi connectivity index (χ3n) is 3.63. The predicted octanol–water partition coefficient (Wildman–Crippen LogP) is 5.06. The van der Waals surface area contributed by atoms with Crippen molar-refractivity contribution in [3.05, 3.63) is 81.7 Å². The second-order valence-corrected chi connectivity index (χ2v) is 8.14. The molecule has 1 saturated heterocycles. The van der Waals surface area contributed by atoms with Gasteiger partial charge in [-0.05, 0) is 42.0 Å². The number of carbonyl (C=O) groups excluding carboxylic acids is 2.